The highest BCUT2D eigenvalue weighted by atomic mass is 35.5. The molecule has 1 aromatic heterocycles. The van der Waals surface area contributed by atoms with E-state index < -0.39 is 0 Å². The first kappa shape index (κ1) is 15.6. The second-order valence-corrected chi connectivity index (χ2v) is 6.51. The quantitative estimate of drug-likeness (QED) is 0.896. The molecule has 1 N–H and O–H groups in total. The number of halogens is 2. The van der Waals surface area contributed by atoms with Crippen LogP contribution in [0.1, 0.15) is 23.7 Å². The Morgan fingerprint density at radius 2 is 2.09 bits per heavy atom. The topological polar surface area (TPSA) is 34.1 Å². The van der Waals surface area contributed by atoms with Crippen molar-refractivity contribution in [2.24, 2.45) is 5.92 Å². The number of aromatic nitrogens is 1. The summed E-state index contributed by atoms with van der Waals surface area (Å²) in [7, 11) is 0. The third kappa shape index (κ3) is 3.54. The van der Waals surface area contributed by atoms with Gasteiger partial charge in [-0.25, -0.2) is 0 Å². The molecule has 5 heteroatoms. The molecule has 0 unspecified atom stereocenters. The van der Waals surface area contributed by atoms with Gasteiger partial charge in [-0.3, -0.25) is 4.98 Å². The van der Waals surface area contributed by atoms with Crippen LogP contribution in [0.2, 0.25) is 10.0 Å². The highest BCUT2D eigenvalue weighted by molar-refractivity contribution is 6.30. The van der Waals surface area contributed by atoms with Crippen LogP contribution in [-0.2, 0) is 0 Å². The third-order valence-electron chi connectivity index (χ3n) is 3.97. The summed E-state index contributed by atoms with van der Waals surface area (Å²) in [5, 5.41) is 4.74. The predicted octanol–water partition coefficient (Wildman–Crippen LogP) is 4.43. The van der Waals surface area contributed by atoms with Crippen molar-refractivity contribution in [3.05, 3.63) is 57.8 Å². The predicted molar refractivity (Wildman–Crippen MR) is 89.8 cm³/mol. The van der Waals surface area contributed by atoms with Crippen LogP contribution in [-0.4, -0.2) is 18.1 Å². The maximum absolute atomic E-state index is 6.33. The molecule has 1 aliphatic heterocycles. The second kappa shape index (κ2) is 6.86. The van der Waals surface area contributed by atoms with E-state index in [2.05, 4.69) is 10.3 Å². The maximum Gasteiger partial charge on any atom is 0.129 e. The number of aryl methyl sites for hydroxylation is 1. The molecular formula is C17H18Cl2N2O. The van der Waals surface area contributed by atoms with Gasteiger partial charge in [-0.1, -0.05) is 23.2 Å². The average molecular weight is 337 g/mol. The Hall–Kier alpha value is -1.29. The standard InChI is InChI=1S/C17H18Cl2N2O/c1-11-6-14(18)2-3-16(11)22-17(12-4-5-20-8-12)13-7-15(19)10-21-9-13/h2-3,6-7,9-10,12,17,20H,4-5,8H2,1H3/t12-,17+/m1/s1. The Kier molecular flexibility index (Phi) is 4.87. The number of ether oxygens (including phenoxy) is 1. The van der Waals surface area contributed by atoms with Gasteiger partial charge >= 0.3 is 0 Å². The van der Waals surface area contributed by atoms with Gasteiger partial charge in [-0.05, 0) is 49.7 Å². The molecule has 0 amide bonds. The summed E-state index contributed by atoms with van der Waals surface area (Å²) < 4.78 is 6.33. The molecule has 3 nitrogen and oxygen atoms in total. The Morgan fingerprint density at radius 1 is 1.23 bits per heavy atom. The lowest BCUT2D eigenvalue weighted by Gasteiger charge is -2.25. The maximum atomic E-state index is 6.33. The minimum Gasteiger partial charge on any atom is -0.485 e. The van der Waals surface area contributed by atoms with Crippen molar-refractivity contribution in [3.63, 3.8) is 0 Å². The molecule has 2 aromatic rings. The zero-order valence-electron chi connectivity index (χ0n) is 12.4. The van der Waals surface area contributed by atoms with E-state index in [0.29, 0.717) is 16.0 Å². The molecule has 1 aliphatic rings. The summed E-state index contributed by atoms with van der Waals surface area (Å²) in [5.41, 5.74) is 2.04. The number of benzene rings is 1. The minimum absolute atomic E-state index is 0.0684. The zero-order valence-corrected chi connectivity index (χ0v) is 13.9. The summed E-state index contributed by atoms with van der Waals surface area (Å²) >= 11 is 12.1. The first-order chi connectivity index (χ1) is 10.6. The molecule has 2 heterocycles. The van der Waals surface area contributed by atoms with Gasteiger partial charge in [-0.2, -0.15) is 0 Å². The van der Waals surface area contributed by atoms with E-state index in [-0.39, 0.29) is 6.10 Å². The van der Waals surface area contributed by atoms with Gasteiger partial charge < -0.3 is 10.1 Å². The van der Waals surface area contributed by atoms with Gasteiger partial charge in [0.1, 0.15) is 11.9 Å². The second-order valence-electron chi connectivity index (χ2n) is 5.64. The van der Waals surface area contributed by atoms with Crippen LogP contribution in [0.25, 0.3) is 0 Å². The van der Waals surface area contributed by atoms with Gasteiger partial charge in [0, 0.05) is 35.4 Å². The molecule has 3 rings (SSSR count). The van der Waals surface area contributed by atoms with Crippen molar-refractivity contribution >= 4 is 23.2 Å². The summed E-state index contributed by atoms with van der Waals surface area (Å²) in [6.45, 7) is 3.95. The molecule has 116 valence electrons. The van der Waals surface area contributed by atoms with Crippen molar-refractivity contribution in [2.45, 2.75) is 19.4 Å². The zero-order chi connectivity index (χ0) is 15.5. The van der Waals surface area contributed by atoms with Crippen LogP contribution in [0.5, 0.6) is 5.75 Å². The Morgan fingerprint density at radius 3 is 2.77 bits per heavy atom. The third-order valence-corrected chi connectivity index (χ3v) is 4.41. The molecule has 0 saturated carbocycles. The minimum atomic E-state index is -0.0684. The normalized spacial score (nSPS) is 19.1. The first-order valence-corrected chi connectivity index (χ1v) is 8.13. The van der Waals surface area contributed by atoms with E-state index in [1.54, 1.807) is 6.20 Å². The molecule has 1 fully saturated rings. The van der Waals surface area contributed by atoms with Crippen LogP contribution in [0, 0.1) is 12.8 Å². The van der Waals surface area contributed by atoms with E-state index in [9.17, 15) is 0 Å². The summed E-state index contributed by atoms with van der Waals surface area (Å²) in [4.78, 5) is 4.20. The lowest BCUT2D eigenvalue weighted by atomic mass is 9.95. The van der Waals surface area contributed by atoms with E-state index in [0.717, 1.165) is 36.4 Å². The molecule has 0 spiro atoms. The molecular weight excluding hydrogens is 319 g/mol. The molecule has 2 atom stereocenters. The van der Waals surface area contributed by atoms with Crippen LogP contribution in [0.4, 0.5) is 0 Å². The molecule has 1 saturated heterocycles. The van der Waals surface area contributed by atoms with Gasteiger partial charge in [0.15, 0.2) is 0 Å². The number of rotatable bonds is 4. The van der Waals surface area contributed by atoms with Crippen molar-refractivity contribution in [1.82, 2.24) is 10.3 Å². The van der Waals surface area contributed by atoms with Gasteiger partial charge in [0.2, 0.25) is 0 Å². The van der Waals surface area contributed by atoms with E-state index in [4.69, 9.17) is 27.9 Å². The summed E-state index contributed by atoms with van der Waals surface area (Å²) in [6.07, 6.45) is 4.48. The highest BCUT2D eigenvalue weighted by Crippen LogP contribution is 2.34. The van der Waals surface area contributed by atoms with Crippen LogP contribution >= 0.6 is 23.2 Å². The number of hydrogen-bond acceptors (Lipinski definition) is 3. The molecule has 1 aromatic carbocycles. The van der Waals surface area contributed by atoms with Crippen molar-refractivity contribution in [1.29, 1.82) is 0 Å². The van der Waals surface area contributed by atoms with E-state index in [1.807, 2.05) is 37.4 Å². The summed E-state index contributed by atoms with van der Waals surface area (Å²) in [5.74, 6) is 1.25. The highest BCUT2D eigenvalue weighted by Gasteiger charge is 2.29. The monoisotopic (exact) mass is 336 g/mol. The Labute approximate surface area is 140 Å². The largest absolute Gasteiger partial charge is 0.485 e. The fourth-order valence-corrected chi connectivity index (χ4v) is 3.25. The first-order valence-electron chi connectivity index (χ1n) is 7.37. The fourth-order valence-electron chi connectivity index (χ4n) is 2.84. The summed E-state index contributed by atoms with van der Waals surface area (Å²) in [6, 6.07) is 7.62. The number of nitrogens with one attached hydrogen (secondary N) is 1. The SMILES string of the molecule is Cc1cc(Cl)ccc1O[C@H](c1cncc(Cl)c1)[C@@H]1CCNC1. The van der Waals surface area contributed by atoms with Gasteiger partial charge in [-0.15, -0.1) is 0 Å². The van der Waals surface area contributed by atoms with Crippen molar-refractivity contribution in [2.75, 3.05) is 13.1 Å². The lowest BCUT2D eigenvalue weighted by molar-refractivity contribution is 0.143. The van der Waals surface area contributed by atoms with Crippen LogP contribution < -0.4 is 10.1 Å². The molecule has 0 radical (unpaired) electrons. The lowest BCUT2D eigenvalue weighted by Crippen LogP contribution is -2.21. The van der Waals surface area contributed by atoms with Gasteiger partial charge in [0.25, 0.3) is 0 Å². The van der Waals surface area contributed by atoms with Crippen LogP contribution in [0.15, 0.2) is 36.7 Å². The molecule has 0 aliphatic carbocycles. The number of nitrogens with zero attached hydrogens (tertiary/aromatic N) is 1. The van der Waals surface area contributed by atoms with Crippen molar-refractivity contribution < 1.29 is 4.74 Å². The average Bonchev–Trinajstić information content (AvgIpc) is 3.00. The number of pyridine rings is 1. The molecule has 22 heavy (non-hydrogen) atoms. The molecule has 0 bridgehead atoms. The van der Waals surface area contributed by atoms with Gasteiger partial charge in [0.05, 0.1) is 5.02 Å². The Bertz CT molecular complexity index is 657. The Balaban J connectivity index is 1.91. The van der Waals surface area contributed by atoms with E-state index in [1.165, 1.54) is 0 Å². The number of hydrogen-bond donors (Lipinski definition) is 1. The van der Waals surface area contributed by atoms with Crippen molar-refractivity contribution in [3.8, 4) is 5.75 Å². The fraction of sp³-hybridized carbons (Fsp3) is 0.353. The smallest absolute Gasteiger partial charge is 0.129 e. The van der Waals surface area contributed by atoms with E-state index >= 15 is 0 Å². The van der Waals surface area contributed by atoms with Crippen LogP contribution in [0.3, 0.4) is 0 Å².